The van der Waals surface area contributed by atoms with E-state index in [0.717, 1.165) is 41.7 Å². The summed E-state index contributed by atoms with van der Waals surface area (Å²) in [6.07, 6.45) is 0.861. The first-order valence-corrected chi connectivity index (χ1v) is 8.18. The summed E-state index contributed by atoms with van der Waals surface area (Å²) in [5, 5.41) is 1.37. The molecule has 0 amide bonds. The number of rotatable bonds is 2. The average molecular weight is 325 g/mol. The molecule has 116 valence electrons. The molecule has 23 heavy (non-hydrogen) atoms. The molecule has 0 fully saturated rings. The number of benzene rings is 2. The Kier molecular flexibility index (Phi) is 3.68. The van der Waals surface area contributed by atoms with Crippen molar-refractivity contribution in [3.8, 4) is 0 Å². The number of nitrogens with one attached hydrogen (secondary N) is 1. The van der Waals surface area contributed by atoms with Gasteiger partial charge in [-0.25, -0.2) is 0 Å². The van der Waals surface area contributed by atoms with Gasteiger partial charge >= 0.3 is 0 Å². The molecule has 0 unspecified atom stereocenters. The van der Waals surface area contributed by atoms with Crippen LogP contribution in [0, 0.1) is 0 Å². The number of aromatic amines is 1. The average Bonchev–Trinajstić information content (AvgIpc) is 2.56. The second-order valence-electron chi connectivity index (χ2n) is 6.05. The molecule has 1 N–H and O–H groups in total. The van der Waals surface area contributed by atoms with Crippen molar-refractivity contribution in [1.29, 1.82) is 0 Å². The van der Waals surface area contributed by atoms with Gasteiger partial charge in [-0.2, -0.15) is 0 Å². The van der Waals surface area contributed by atoms with E-state index in [1.807, 2.05) is 18.2 Å². The molecule has 0 radical (unpaired) electrons. The fourth-order valence-electron chi connectivity index (χ4n) is 3.29. The van der Waals surface area contributed by atoms with Gasteiger partial charge in [0.25, 0.3) is 0 Å². The summed E-state index contributed by atoms with van der Waals surface area (Å²) in [7, 11) is 0. The first-order chi connectivity index (χ1) is 11.2. The number of halogens is 1. The Bertz CT molecular complexity index is 918. The van der Waals surface area contributed by atoms with Crippen LogP contribution in [0.4, 0.5) is 0 Å². The summed E-state index contributed by atoms with van der Waals surface area (Å²) >= 11 is 6.04. The molecule has 2 aromatic carbocycles. The number of nitrogens with zero attached hydrogens (tertiary/aromatic N) is 1. The molecule has 0 saturated carbocycles. The highest BCUT2D eigenvalue weighted by atomic mass is 35.5. The van der Waals surface area contributed by atoms with E-state index >= 15 is 0 Å². The van der Waals surface area contributed by atoms with E-state index in [2.05, 4.69) is 34.1 Å². The van der Waals surface area contributed by atoms with Crippen LogP contribution >= 0.6 is 11.6 Å². The Morgan fingerprint density at radius 2 is 1.96 bits per heavy atom. The zero-order valence-electron chi connectivity index (χ0n) is 12.7. The quantitative estimate of drug-likeness (QED) is 0.779. The maximum atomic E-state index is 12.8. The third-order valence-electron chi connectivity index (χ3n) is 4.46. The summed E-state index contributed by atoms with van der Waals surface area (Å²) < 4.78 is 0. The van der Waals surface area contributed by atoms with Gasteiger partial charge in [-0.15, -0.1) is 0 Å². The molecule has 0 aliphatic carbocycles. The first kappa shape index (κ1) is 14.5. The van der Waals surface area contributed by atoms with Crippen molar-refractivity contribution in [2.45, 2.75) is 19.5 Å². The van der Waals surface area contributed by atoms with Gasteiger partial charge in [-0.1, -0.05) is 41.9 Å². The highest BCUT2D eigenvalue weighted by molar-refractivity contribution is 6.31. The SMILES string of the molecule is O=c1c2c([nH]c3cc(Cl)ccc13)CCN(Cc1ccccc1)C2. The van der Waals surface area contributed by atoms with Crippen LogP contribution in [0.2, 0.25) is 5.02 Å². The Balaban J connectivity index is 1.69. The predicted octanol–water partition coefficient (Wildman–Crippen LogP) is 3.74. The number of H-pyrrole nitrogens is 1. The minimum atomic E-state index is 0.128. The Hall–Kier alpha value is -2.10. The second kappa shape index (κ2) is 5.84. The van der Waals surface area contributed by atoms with Crippen molar-refractivity contribution in [2.24, 2.45) is 0 Å². The Labute approximate surface area is 139 Å². The lowest BCUT2D eigenvalue weighted by Gasteiger charge is -2.28. The largest absolute Gasteiger partial charge is 0.358 e. The fourth-order valence-corrected chi connectivity index (χ4v) is 3.46. The molecule has 1 aliphatic heterocycles. The number of hydrogen-bond acceptors (Lipinski definition) is 2. The van der Waals surface area contributed by atoms with E-state index in [1.54, 1.807) is 6.07 Å². The standard InChI is InChI=1S/C19H17ClN2O/c20-14-6-7-15-18(10-14)21-17-8-9-22(12-16(17)19(15)23)11-13-4-2-1-3-5-13/h1-7,10H,8-9,11-12H2,(H,21,23). The number of pyridine rings is 1. The Morgan fingerprint density at radius 3 is 2.78 bits per heavy atom. The normalized spacial score (nSPS) is 14.8. The van der Waals surface area contributed by atoms with Gasteiger partial charge in [0.1, 0.15) is 0 Å². The number of fused-ring (bicyclic) bond motifs is 2. The van der Waals surface area contributed by atoms with E-state index in [1.165, 1.54) is 5.56 Å². The van der Waals surface area contributed by atoms with E-state index in [-0.39, 0.29) is 5.43 Å². The van der Waals surface area contributed by atoms with Crippen LogP contribution in [0.25, 0.3) is 10.9 Å². The second-order valence-corrected chi connectivity index (χ2v) is 6.48. The molecule has 4 heteroatoms. The molecule has 1 aliphatic rings. The van der Waals surface area contributed by atoms with Crippen molar-refractivity contribution in [3.05, 3.63) is 80.6 Å². The molecule has 0 bridgehead atoms. The van der Waals surface area contributed by atoms with Crippen molar-refractivity contribution >= 4 is 22.5 Å². The molecule has 0 atom stereocenters. The van der Waals surface area contributed by atoms with Crippen LogP contribution in [-0.4, -0.2) is 16.4 Å². The van der Waals surface area contributed by atoms with Crippen LogP contribution in [-0.2, 0) is 19.5 Å². The van der Waals surface area contributed by atoms with Gasteiger partial charge in [0.15, 0.2) is 5.43 Å². The highest BCUT2D eigenvalue weighted by Crippen LogP contribution is 2.21. The van der Waals surface area contributed by atoms with Crippen LogP contribution in [0.5, 0.6) is 0 Å². The van der Waals surface area contributed by atoms with Gasteiger partial charge in [-0.3, -0.25) is 9.69 Å². The maximum Gasteiger partial charge on any atom is 0.194 e. The van der Waals surface area contributed by atoms with Gasteiger partial charge in [0.2, 0.25) is 0 Å². The Morgan fingerprint density at radius 1 is 1.13 bits per heavy atom. The lowest BCUT2D eigenvalue weighted by atomic mass is 10.0. The first-order valence-electron chi connectivity index (χ1n) is 7.80. The van der Waals surface area contributed by atoms with Crippen LogP contribution in [0.15, 0.2) is 53.3 Å². The molecule has 2 heterocycles. The molecule has 0 spiro atoms. The van der Waals surface area contributed by atoms with Crippen molar-refractivity contribution in [2.75, 3.05) is 6.54 Å². The molecule has 1 aromatic heterocycles. The fraction of sp³-hybridized carbons (Fsp3) is 0.211. The van der Waals surface area contributed by atoms with E-state index in [4.69, 9.17) is 11.6 Å². The van der Waals surface area contributed by atoms with Crippen LogP contribution in [0.1, 0.15) is 16.8 Å². The summed E-state index contributed by atoms with van der Waals surface area (Å²) in [5.74, 6) is 0. The monoisotopic (exact) mass is 324 g/mol. The highest BCUT2D eigenvalue weighted by Gasteiger charge is 2.21. The van der Waals surface area contributed by atoms with Gasteiger partial charge in [0.05, 0.1) is 5.52 Å². The predicted molar refractivity (Wildman–Crippen MR) is 93.8 cm³/mol. The minimum Gasteiger partial charge on any atom is -0.358 e. The van der Waals surface area contributed by atoms with Crippen molar-refractivity contribution in [3.63, 3.8) is 0 Å². The maximum absolute atomic E-state index is 12.8. The molecule has 4 rings (SSSR count). The molecule has 3 aromatic rings. The summed E-state index contributed by atoms with van der Waals surface area (Å²) in [6, 6.07) is 15.8. The summed E-state index contributed by atoms with van der Waals surface area (Å²) in [4.78, 5) is 18.5. The van der Waals surface area contributed by atoms with E-state index < -0.39 is 0 Å². The lowest BCUT2D eigenvalue weighted by molar-refractivity contribution is 0.243. The van der Waals surface area contributed by atoms with E-state index in [9.17, 15) is 4.79 Å². The van der Waals surface area contributed by atoms with Crippen LogP contribution < -0.4 is 5.43 Å². The number of aromatic nitrogens is 1. The van der Waals surface area contributed by atoms with Crippen LogP contribution in [0.3, 0.4) is 0 Å². The molecule has 0 saturated heterocycles. The van der Waals surface area contributed by atoms with E-state index in [0.29, 0.717) is 11.6 Å². The zero-order chi connectivity index (χ0) is 15.8. The van der Waals surface area contributed by atoms with Gasteiger partial charge < -0.3 is 4.98 Å². The molecule has 3 nitrogen and oxygen atoms in total. The van der Waals surface area contributed by atoms with Gasteiger partial charge in [0, 0.05) is 47.7 Å². The van der Waals surface area contributed by atoms with Crippen molar-refractivity contribution < 1.29 is 0 Å². The summed E-state index contributed by atoms with van der Waals surface area (Å²) in [5.41, 5.74) is 4.18. The van der Waals surface area contributed by atoms with Gasteiger partial charge in [-0.05, 0) is 23.8 Å². The molecular weight excluding hydrogens is 308 g/mol. The third kappa shape index (κ3) is 2.78. The topological polar surface area (TPSA) is 36.1 Å². The lowest BCUT2D eigenvalue weighted by Crippen LogP contribution is -2.34. The summed E-state index contributed by atoms with van der Waals surface area (Å²) in [6.45, 7) is 2.51. The third-order valence-corrected chi connectivity index (χ3v) is 4.69. The van der Waals surface area contributed by atoms with Crippen molar-refractivity contribution in [1.82, 2.24) is 9.88 Å². The number of hydrogen-bond donors (Lipinski definition) is 1. The molecular formula is C19H17ClN2O. The minimum absolute atomic E-state index is 0.128. The zero-order valence-corrected chi connectivity index (χ0v) is 13.4. The smallest absolute Gasteiger partial charge is 0.194 e.